The van der Waals surface area contributed by atoms with Gasteiger partial charge in [-0.05, 0) is 18.8 Å². The number of piperidine rings is 1. The highest BCUT2D eigenvalue weighted by Gasteiger charge is 2.23. The molecule has 2 N–H and O–H groups in total. The van der Waals surface area contributed by atoms with Gasteiger partial charge in [0.1, 0.15) is 0 Å². The third-order valence-electron chi connectivity index (χ3n) is 2.51. The molecule has 0 amide bonds. The molecule has 12 heavy (non-hydrogen) atoms. The summed E-state index contributed by atoms with van der Waals surface area (Å²) in [5.74, 6) is 0.683. The third-order valence-corrected chi connectivity index (χ3v) is 3.60. The molecule has 1 fully saturated rings. The van der Waals surface area contributed by atoms with Crippen molar-refractivity contribution >= 4 is 10.2 Å². The smallest absolute Gasteiger partial charge is 0.216 e. The second kappa shape index (κ2) is 3.72. The Kier molecular flexibility index (Phi) is 3.09. The van der Waals surface area contributed by atoms with E-state index in [1.807, 2.05) is 0 Å². The summed E-state index contributed by atoms with van der Waals surface area (Å²) in [6.07, 6.45) is 3.04. The number of rotatable bonds is 2. The van der Waals surface area contributed by atoms with E-state index in [9.17, 15) is 8.42 Å². The molecule has 4 nitrogen and oxygen atoms in total. The van der Waals surface area contributed by atoms with Gasteiger partial charge in [-0.2, -0.15) is 12.7 Å². The largest absolute Gasteiger partial charge is 0.276 e. The maximum Gasteiger partial charge on any atom is 0.276 e. The van der Waals surface area contributed by atoms with Crippen LogP contribution in [-0.2, 0) is 10.2 Å². The van der Waals surface area contributed by atoms with Crippen molar-refractivity contribution in [2.24, 2.45) is 11.1 Å². The summed E-state index contributed by atoms with van der Waals surface area (Å²) in [5.41, 5.74) is 0. The number of nitrogens with zero attached hydrogens (tertiary/aromatic N) is 1. The van der Waals surface area contributed by atoms with Crippen molar-refractivity contribution in [3.63, 3.8) is 0 Å². The first-order chi connectivity index (χ1) is 5.54. The van der Waals surface area contributed by atoms with Crippen LogP contribution >= 0.6 is 0 Å². The van der Waals surface area contributed by atoms with Gasteiger partial charge in [0.2, 0.25) is 0 Å². The molecule has 0 aromatic heterocycles. The van der Waals surface area contributed by atoms with Crippen LogP contribution in [0.15, 0.2) is 0 Å². The van der Waals surface area contributed by atoms with Crippen LogP contribution in [0.5, 0.6) is 0 Å². The molecule has 1 heterocycles. The molecule has 0 bridgehead atoms. The lowest BCUT2D eigenvalue weighted by Gasteiger charge is -2.28. The third kappa shape index (κ3) is 2.43. The fraction of sp³-hybridized carbons (Fsp3) is 1.00. The van der Waals surface area contributed by atoms with Gasteiger partial charge in [-0.1, -0.05) is 13.3 Å². The Morgan fingerprint density at radius 1 is 1.42 bits per heavy atom. The summed E-state index contributed by atoms with van der Waals surface area (Å²) in [4.78, 5) is 0. The summed E-state index contributed by atoms with van der Waals surface area (Å²) in [6.45, 7) is 3.33. The van der Waals surface area contributed by atoms with E-state index in [1.165, 1.54) is 4.31 Å². The highest BCUT2D eigenvalue weighted by atomic mass is 32.2. The molecule has 0 unspecified atom stereocenters. The Labute approximate surface area is 73.9 Å². The molecule has 5 heteroatoms. The summed E-state index contributed by atoms with van der Waals surface area (Å²) in [6, 6.07) is 0. The average molecular weight is 192 g/mol. The molecule has 0 saturated carbocycles. The van der Waals surface area contributed by atoms with Crippen molar-refractivity contribution in [2.45, 2.75) is 26.2 Å². The molecule has 1 rings (SSSR count). The Balaban J connectivity index is 2.47. The van der Waals surface area contributed by atoms with Gasteiger partial charge in [0.15, 0.2) is 0 Å². The highest BCUT2D eigenvalue weighted by Crippen LogP contribution is 2.20. The van der Waals surface area contributed by atoms with E-state index < -0.39 is 10.2 Å². The van der Waals surface area contributed by atoms with Crippen molar-refractivity contribution in [2.75, 3.05) is 13.1 Å². The molecule has 1 saturated heterocycles. The fourth-order valence-electron chi connectivity index (χ4n) is 1.57. The van der Waals surface area contributed by atoms with Crippen molar-refractivity contribution in [3.8, 4) is 0 Å². The second-order valence-electron chi connectivity index (χ2n) is 3.30. The van der Waals surface area contributed by atoms with Crippen LogP contribution in [0.1, 0.15) is 26.2 Å². The zero-order valence-corrected chi connectivity index (χ0v) is 8.18. The molecule has 1 aliphatic heterocycles. The Morgan fingerprint density at radius 2 is 1.92 bits per heavy atom. The van der Waals surface area contributed by atoms with Crippen molar-refractivity contribution < 1.29 is 8.42 Å². The first-order valence-corrected chi connectivity index (χ1v) is 5.82. The molecule has 0 radical (unpaired) electrons. The summed E-state index contributed by atoms with van der Waals surface area (Å²) in [7, 11) is -3.42. The molecular weight excluding hydrogens is 176 g/mol. The monoisotopic (exact) mass is 192 g/mol. The SMILES string of the molecule is CCC1CCN(S(N)(=O)=O)CC1. The summed E-state index contributed by atoms with van der Waals surface area (Å²) >= 11 is 0. The van der Waals surface area contributed by atoms with Crippen LogP contribution in [0.2, 0.25) is 0 Å². The highest BCUT2D eigenvalue weighted by molar-refractivity contribution is 7.86. The maximum atomic E-state index is 10.9. The maximum absolute atomic E-state index is 10.9. The first-order valence-electron chi connectivity index (χ1n) is 4.32. The van der Waals surface area contributed by atoms with E-state index in [0.717, 1.165) is 19.3 Å². The van der Waals surface area contributed by atoms with Crippen LogP contribution < -0.4 is 5.14 Å². The van der Waals surface area contributed by atoms with E-state index >= 15 is 0 Å². The Hall–Kier alpha value is -0.130. The van der Waals surface area contributed by atoms with Crippen LogP contribution in [-0.4, -0.2) is 25.8 Å². The van der Waals surface area contributed by atoms with Crippen molar-refractivity contribution in [1.29, 1.82) is 0 Å². The van der Waals surface area contributed by atoms with E-state index in [2.05, 4.69) is 6.92 Å². The fourth-order valence-corrected chi connectivity index (χ4v) is 2.29. The molecule has 0 spiro atoms. The lowest BCUT2D eigenvalue weighted by Crippen LogP contribution is -2.42. The zero-order chi connectivity index (χ0) is 9.19. The molecule has 0 aromatic rings. The second-order valence-corrected chi connectivity index (χ2v) is 4.84. The van der Waals surface area contributed by atoms with Gasteiger partial charge in [-0.15, -0.1) is 0 Å². The van der Waals surface area contributed by atoms with Gasteiger partial charge in [0.25, 0.3) is 10.2 Å². The topological polar surface area (TPSA) is 63.4 Å². The molecule has 72 valence electrons. The van der Waals surface area contributed by atoms with E-state index in [-0.39, 0.29) is 0 Å². The number of hydrogen-bond donors (Lipinski definition) is 1. The van der Waals surface area contributed by atoms with Gasteiger partial charge in [0.05, 0.1) is 0 Å². The molecule has 0 aromatic carbocycles. The van der Waals surface area contributed by atoms with Crippen LogP contribution in [0.4, 0.5) is 0 Å². The lowest BCUT2D eigenvalue weighted by molar-refractivity contribution is 0.269. The average Bonchev–Trinajstić information content (AvgIpc) is 2.03. The standard InChI is InChI=1S/C7H16N2O2S/c1-2-7-3-5-9(6-4-7)12(8,10)11/h7H,2-6H2,1H3,(H2,8,10,11). The lowest BCUT2D eigenvalue weighted by atomic mass is 9.96. The van der Waals surface area contributed by atoms with Crippen molar-refractivity contribution in [3.05, 3.63) is 0 Å². The minimum Gasteiger partial charge on any atom is -0.216 e. The van der Waals surface area contributed by atoms with Gasteiger partial charge < -0.3 is 0 Å². The predicted octanol–water partition coefficient (Wildman–Crippen LogP) is 0.312. The number of hydrogen-bond acceptors (Lipinski definition) is 2. The first kappa shape index (κ1) is 9.95. The van der Waals surface area contributed by atoms with E-state index in [1.54, 1.807) is 0 Å². The van der Waals surface area contributed by atoms with Crippen LogP contribution in [0.3, 0.4) is 0 Å². The quantitative estimate of drug-likeness (QED) is 0.684. The molecular formula is C7H16N2O2S. The Bertz CT molecular complexity index is 230. The molecule has 0 aliphatic carbocycles. The zero-order valence-electron chi connectivity index (χ0n) is 7.36. The van der Waals surface area contributed by atoms with Gasteiger partial charge >= 0.3 is 0 Å². The van der Waals surface area contributed by atoms with Crippen LogP contribution in [0, 0.1) is 5.92 Å². The molecule has 1 aliphatic rings. The summed E-state index contributed by atoms with van der Waals surface area (Å²) in [5, 5.41) is 5.00. The minimum absolute atomic E-state index is 0.595. The van der Waals surface area contributed by atoms with Gasteiger partial charge in [-0.25, -0.2) is 5.14 Å². The van der Waals surface area contributed by atoms with Gasteiger partial charge in [0, 0.05) is 13.1 Å². The van der Waals surface area contributed by atoms with Gasteiger partial charge in [-0.3, -0.25) is 0 Å². The van der Waals surface area contributed by atoms with E-state index in [0.29, 0.717) is 19.0 Å². The number of nitrogens with two attached hydrogens (primary N) is 1. The predicted molar refractivity (Wildman–Crippen MR) is 47.7 cm³/mol. The van der Waals surface area contributed by atoms with Crippen molar-refractivity contribution in [1.82, 2.24) is 4.31 Å². The van der Waals surface area contributed by atoms with E-state index in [4.69, 9.17) is 5.14 Å². The summed E-state index contributed by atoms with van der Waals surface area (Å²) < 4.78 is 23.1. The normalized spacial score (nSPS) is 22.8. The van der Waals surface area contributed by atoms with Crippen LogP contribution in [0.25, 0.3) is 0 Å². The molecule has 0 atom stereocenters. The Morgan fingerprint density at radius 3 is 2.25 bits per heavy atom. The minimum atomic E-state index is -3.42.